The van der Waals surface area contributed by atoms with Crippen LogP contribution in [0.4, 0.5) is 0 Å². The van der Waals surface area contributed by atoms with E-state index in [4.69, 9.17) is 0 Å². The standard InChI is InChI=1S/C11H19N3O/c1-5-13(6-2)11(15)8-14-10(4)7-9(3)12-14/h7H,5-6,8H2,1-4H3. The molecule has 0 saturated carbocycles. The van der Waals surface area contributed by atoms with Crippen LogP contribution in [0.1, 0.15) is 25.2 Å². The number of amides is 1. The third-order valence-electron chi connectivity index (χ3n) is 2.50. The molecular formula is C11H19N3O. The van der Waals surface area contributed by atoms with E-state index in [1.807, 2.05) is 38.7 Å². The summed E-state index contributed by atoms with van der Waals surface area (Å²) in [5.74, 6) is 0.131. The Morgan fingerprint density at radius 2 is 2.00 bits per heavy atom. The van der Waals surface area contributed by atoms with Gasteiger partial charge in [0.25, 0.3) is 0 Å². The first kappa shape index (κ1) is 11.8. The van der Waals surface area contributed by atoms with Crippen LogP contribution in [0.3, 0.4) is 0 Å². The highest BCUT2D eigenvalue weighted by Gasteiger charge is 2.11. The molecule has 0 aliphatic carbocycles. The van der Waals surface area contributed by atoms with Crippen LogP contribution in [0.25, 0.3) is 0 Å². The van der Waals surface area contributed by atoms with E-state index in [1.165, 1.54) is 0 Å². The van der Waals surface area contributed by atoms with Crippen LogP contribution >= 0.6 is 0 Å². The summed E-state index contributed by atoms with van der Waals surface area (Å²) in [6.45, 7) is 9.75. The summed E-state index contributed by atoms with van der Waals surface area (Å²) in [7, 11) is 0. The summed E-state index contributed by atoms with van der Waals surface area (Å²) in [4.78, 5) is 13.6. The fraction of sp³-hybridized carbons (Fsp3) is 0.636. The van der Waals surface area contributed by atoms with E-state index < -0.39 is 0 Å². The van der Waals surface area contributed by atoms with E-state index in [1.54, 1.807) is 4.68 Å². The van der Waals surface area contributed by atoms with Crippen LogP contribution < -0.4 is 0 Å². The average molecular weight is 209 g/mol. The van der Waals surface area contributed by atoms with E-state index >= 15 is 0 Å². The van der Waals surface area contributed by atoms with Crippen molar-refractivity contribution < 1.29 is 4.79 Å². The Balaban J connectivity index is 2.69. The maximum atomic E-state index is 11.8. The number of carbonyl (C=O) groups is 1. The first-order chi connectivity index (χ1) is 7.08. The molecular weight excluding hydrogens is 190 g/mol. The van der Waals surface area contributed by atoms with Gasteiger partial charge in [-0.2, -0.15) is 5.10 Å². The molecule has 0 spiro atoms. The van der Waals surface area contributed by atoms with E-state index in [2.05, 4.69) is 5.10 Å². The van der Waals surface area contributed by atoms with Crippen LogP contribution in [-0.2, 0) is 11.3 Å². The monoisotopic (exact) mass is 209 g/mol. The quantitative estimate of drug-likeness (QED) is 0.751. The minimum absolute atomic E-state index is 0.131. The first-order valence-corrected chi connectivity index (χ1v) is 5.37. The van der Waals surface area contributed by atoms with Gasteiger partial charge in [0.2, 0.25) is 5.91 Å². The molecule has 1 amide bonds. The van der Waals surface area contributed by atoms with Gasteiger partial charge in [-0.05, 0) is 33.8 Å². The van der Waals surface area contributed by atoms with E-state index in [0.717, 1.165) is 24.5 Å². The van der Waals surface area contributed by atoms with Crippen LogP contribution in [0, 0.1) is 13.8 Å². The maximum absolute atomic E-state index is 11.8. The van der Waals surface area contributed by atoms with Crippen molar-refractivity contribution in [2.45, 2.75) is 34.2 Å². The molecule has 1 heterocycles. The lowest BCUT2D eigenvalue weighted by molar-refractivity contribution is -0.131. The SMILES string of the molecule is CCN(CC)C(=O)Cn1nc(C)cc1C. The topological polar surface area (TPSA) is 38.1 Å². The Morgan fingerprint density at radius 3 is 2.40 bits per heavy atom. The summed E-state index contributed by atoms with van der Waals surface area (Å²) < 4.78 is 1.76. The second-order valence-electron chi connectivity index (χ2n) is 3.65. The number of hydrogen-bond donors (Lipinski definition) is 0. The van der Waals surface area contributed by atoms with Crippen molar-refractivity contribution in [3.05, 3.63) is 17.5 Å². The van der Waals surface area contributed by atoms with Crippen LogP contribution in [-0.4, -0.2) is 33.7 Å². The third-order valence-corrected chi connectivity index (χ3v) is 2.50. The summed E-state index contributed by atoms with van der Waals surface area (Å²) >= 11 is 0. The van der Waals surface area contributed by atoms with Crippen LogP contribution in [0.15, 0.2) is 6.07 Å². The van der Waals surface area contributed by atoms with Crippen molar-refractivity contribution in [2.24, 2.45) is 0 Å². The predicted molar refractivity (Wildman–Crippen MR) is 59.6 cm³/mol. The van der Waals surface area contributed by atoms with Gasteiger partial charge in [0.1, 0.15) is 6.54 Å². The molecule has 4 nitrogen and oxygen atoms in total. The molecule has 15 heavy (non-hydrogen) atoms. The number of likely N-dealkylation sites (N-methyl/N-ethyl adjacent to an activating group) is 1. The Labute approximate surface area is 90.9 Å². The van der Waals surface area contributed by atoms with Crippen molar-refractivity contribution in [1.82, 2.24) is 14.7 Å². The third kappa shape index (κ3) is 2.81. The normalized spacial score (nSPS) is 10.4. The molecule has 0 aromatic carbocycles. The number of nitrogens with zero attached hydrogens (tertiary/aromatic N) is 3. The highest BCUT2D eigenvalue weighted by Crippen LogP contribution is 2.02. The van der Waals surface area contributed by atoms with Crippen molar-refractivity contribution in [3.8, 4) is 0 Å². The molecule has 0 saturated heterocycles. The molecule has 4 heteroatoms. The van der Waals surface area contributed by atoms with Crippen LogP contribution in [0.2, 0.25) is 0 Å². The number of aryl methyl sites for hydroxylation is 2. The van der Waals surface area contributed by atoms with Gasteiger partial charge in [0.05, 0.1) is 5.69 Å². The van der Waals surface area contributed by atoms with E-state index in [9.17, 15) is 4.79 Å². The van der Waals surface area contributed by atoms with Gasteiger partial charge in [-0.25, -0.2) is 0 Å². The van der Waals surface area contributed by atoms with Gasteiger partial charge >= 0.3 is 0 Å². The van der Waals surface area contributed by atoms with Crippen molar-refractivity contribution in [1.29, 1.82) is 0 Å². The first-order valence-electron chi connectivity index (χ1n) is 5.37. The zero-order chi connectivity index (χ0) is 11.4. The Kier molecular flexibility index (Phi) is 3.88. The average Bonchev–Trinajstić information content (AvgIpc) is 2.47. The summed E-state index contributed by atoms with van der Waals surface area (Å²) in [6.07, 6.45) is 0. The molecule has 84 valence electrons. The molecule has 0 aliphatic rings. The molecule has 0 N–H and O–H groups in total. The molecule has 0 fully saturated rings. The lowest BCUT2D eigenvalue weighted by Gasteiger charge is -2.18. The minimum Gasteiger partial charge on any atom is -0.342 e. The molecule has 1 rings (SSSR count). The molecule has 1 aromatic heterocycles. The fourth-order valence-corrected chi connectivity index (χ4v) is 1.64. The van der Waals surface area contributed by atoms with Gasteiger partial charge in [-0.1, -0.05) is 0 Å². The van der Waals surface area contributed by atoms with Gasteiger partial charge in [-0.15, -0.1) is 0 Å². The zero-order valence-corrected chi connectivity index (χ0v) is 9.95. The second-order valence-corrected chi connectivity index (χ2v) is 3.65. The smallest absolute Gasteiger partial charge is 0.244 e. The predicted octanol–water partition coefficient (Wildman–Crippen LogP) is 1.37. The Hall–Kier alpha value is -1.32. The van der Waals surface area contributed by atoms with Crippen molar-refractivity contribution in [2.75, 3.05) is 13.1 Å². The van der Waals surface area contributed by atoms with E-state index in [-0.39, 0.29) is 5.91 Å². The highest BCUT2D eigenvalue weighted by atomic mass is 16.2. The summed E-state index contributed by atoms with van der Waals surface area (Å²) in [6, 6.07) is 1.98. The number of carbonyl (C=O) groups excluding carboxylic acids is 1. The molecule has 0 radical (unpaired) electrons. The molecule has 0 atom stereocenters. The van der Waals surface area contributed by atoms with Gasteiger partial charge in [0, 0.05) is 18.8 Å². The van der Waals surface area contributed by atoms with Crippen molar-refractivity contribution >= 4 is 5.91 Å². The minimum atomic E-state index is 0.131. The van der Waals surface area contributed by atoms with Crippen molar-refractivity contribution in [3.63, 3.8) is 0 Å². The van der Waals surface area contributed by atoms with Crippen LogP contribution in [0.5, 0.6) is 0 Å². The number of rotatable bonds is 4. The summed E-state index contributed by atoms with van der Waals surface area (Å²) in [5.41, 5.74) is 1.99. The number of hydrogen-bond acceptors (Lipinski definition) is 2. The number of aromatic nitrogens is 2. The van der Waals surface area contributed by atoms with Gasteiger partial charge in [-0.3, -0.25) is 9.48 Å². The highest BCUT2D eigenvalue weighted by molar-refractivity contribution is 5.75. The van der Waals surface area contributed by atoms with Gasteiger partial charge < -0.3 is 4.90 Å². The molecule has 0 aliphatic heterocycles. The zero-order valence-electron chi connectivity index (χ0n) is 9.95. The molecule has 1 aromatic rings. The van der Waals surface area contributed by atoms with Gasteiger partial charge in [0.15, 0.2) is 0 Å². The molecule has 0 bridgehead atoms. The maximum Gasteiger partial charge on any atom is 0.244 e. The Morgan fingerprint density at radius 1 is 1.40 bits per heavy atom. The van der Waals surface area contributed by atoms with E-state index in [0.29, 0.717) is 6.54 Å². The fourth-order valence-electron chi connectivity index (χ4n) is 1.64. The molecule has 0 unspecified atom stereocenters. The summed E-state index contributed by atoms with van der Waals surface area (Å²) in [5, 5.41) is 4.27. The second kappa shape index (κ2) is 4.96. The lowest BCUT2D eigenvalue weighted by atomic mass is 10.4. The largest absolute Gasteiger partial charge is 0.342 e. The Bertz CT molecular complexity index is 340. The lowest BCUT2D eigenvalue weighted by Crippen LogP contribution is -2.33.